The van der Waals surface area contributed by atoms with Crippen LogP contribution in [0.15, 0.2) is 153 Å². The minimum atomic E-state index is -2.03. The Bertz CT molecular complexity index is 2790. The molecule has 0 fully saturated rings. The summed E-state index contributed by atoms with van der Waals surface area (Å²) in [6.07, 6.45) is 0. The summed E-state index contributed by atoms with van der Waals surface area (Å²) in [5.74, 6) is 1.94. The Hall–Kier alpha value is -4.74. The number of benzene rings is 7. The van der Waals surface area contributed by atoms with Crippen LogP contribution in [0.4, 0.5) is 0 Å². The van der Waals surface area contributed by atoms with Gasteiger partial charge in [0.25, 0.3) is 0 Å². The van der Waals surface area contributed by atoms with Gasteiger partial charge in [-0.15, -0.1) is 0 Å². The van der Waals surface area contributed by atoms with Gasteiger partial charge >= 0.3 is 0 Å². The molecule has 4 aliphatic rings. The molecule has 1 nitrogen and oxygen atoms in total. The molecule has 0 saturated carbocycles. The molecule has 262 valence electrons. The average Bonchev–Trinajstić information content (AvgIpc) is 3.57. The van der Waals surface area contributed by atoms with Crippen molar-refractivity contribution in [2.45, 2.75) is 71.2 Å². The number of rotatable bonds is 2. The van der Waals surface area contributed by atoms with Gasteiger partial charge in [-0.05, 0) is 84.2 Å². The molecule has 2 aliphatic heterocycles. The second-order valence-corrected chi connectivity index (χ2v) is 23.3. The van der Waals surface area contributed by atoms with Gasteiger partial charge < -0.3 is 4.74 Å². The van der Waals surface area contributed by atoms with Gasteiger partial charge in [0.2, 0.25) is 0 Å². The lowest BCUT2D eigenvalue weighted by Gasteiger charge is -2.36. The summed E-state index contributed by atoms with van der Waals surface area (Å²) in [7, 11) is -2.03. The van der Waals surface area contributed by atoms with Crippen LogP contribution in [0, 0.1) is 0 Å². The molecule has 4 heteroatoms. The van der Waals surface area contributed by atoms with E-state index in [4.69, 9.17) is 4.74 Å². The fourth-order valence-electron chi connectivity index (χ4n) is 9.90. The summed E-state index contributed by atoms with van der Waals surface area (Å²) in [5, 5.41) is 3.08. The van der Waals surface area contributed by atoms with Gasteiger partial charge in [0.1, 0.15) is 19.6 Å². The average molecular weight is 749 g/mol. The van der Waals surface area contributed by atoms with E-state index in [9.17, 15) is 0 Å². The zero-order valence-corrected chi connectivity index (χ0v) is 34.1. The molecule has 0 spiro atoms. The summed E-state index contributed by atoms with van der Waals surface area (Å²) in [6, 6.07) is 50.2. The second-order valence-electron chi connectivity index (χ2n) is 16.8. The molecular weight excluding hydrogens is 709 g/mol. The number of ether oxygens (including phenoxy) is 1. The van der Waals surface area contributed by atoms with E-state index in [1.807, 2.05) is 23.5 Å². The van der Waals surface area contributed by atoms with Gasteiger partial charge in [-0.2, -0.15) is 0 Å². The second kappa shape index (κ2) is 11.2. The maximum absolute atomic E-state index is 7.13. The molecule has 11 rings (SSSR count). The van der Waals surface area contributed by atoms with E-state index in [1.165, 1.54) is 81.1 Å². The third-order valence-corrected chi connectivity index (χ3v) is 19.1. The van der Waals surface area contributed by atoms with Crippen molar-refractivity contribution in [2.24, 2.45) is 0 Å². The van der Waals surface area contributed by atoms with Gasteiger partial charge in [0, 0.05) is 31.7 Å². The van der Waals surface area contributed by atoms with Crippen LogP contribution in [0.1, 0.15) is 49.9 Å². The van der Waals surface area contributed by atoms with Gasteiger partial charge in [-0.3, -0.25) is 0 Å². The fourth-order valence-corrected chi connectivity index (χ4v) is 16.6. The molecule has 0 amide bonds. The summed E-state index contributed by atoms with van der Waals surface area (Å²) in [5.41, 5.74) is 15.8. The van der Waals surface area contributed by atoms with Crippen molar-refractivity contribution in [1.82, 2.24) is 0 Å². The Kier molecular flexibility index (Phi) is 6.75. The monoisotopic (exact) mass is 748 g/mol. The van der Waals surface area contributed by atoms with Crippen molar-refractivity contribution in [3.05, 3.63) is 156 Å². The third kappa shape index (κ3) is 4.31. The van der Waals surface area contributed by atoms with Crippen molar-refractivity contribution in [1.29, 1.82) is 0 Å². The van der Waals surface area contributed by atoms with E-state index in [0.29, 0.717) is 0 Å². The molecule has 2 heterocycles. The molecule has 0 N–H and O–H groups in total. The first-order valence-electron chi connectivity index (χ1n) is 19.0. The SMILES string of the molecule is CC1(C)c2ccccc2-c2c1ccc1c2Oc2c(cccc2-c2cccc(-c3cccc4c3Sc3c(ccc5c3-c3ccccc3C5(C)C)[Si]4(C)C)c2)S1. The van der Waals surface area contributed by atoms with Crippen LogP contribution in [0.3, 0.4) is 0 Å². The third-order valence-electron chi connectivity index (χ3n) is 12.8. The summed E-state index contributed by atoms with van der Waals surface area (Å²) in [4.78, 5) is 5.22. The largest absolute Gasteiger partial charge is 0.454 e. The molecule has 0 saturated heterocycles. The van der Waals surface area contributed by atoms with Gasteiger partial charge in [0.15, 0.2) is 0 Å². The van der Waals surface area contributed by atoms with Gasteiger partial charge in [0.05, 0.1) is 9.79 Å². The van der Waals surface area contributed by atoms with Crippen LogP contribution in [0.5, 0.6) is 11.5 Å². The number of hydrogen-bond acceptors (Lipinski definition) is 3. The first kappa shape index (κ1) is 32.7. The van der Waals surface area contributed by atoms with Crippen molar-refractivity contribution >= 4 is 42.0 Å². The molecular formula is C50H40OS2Si. The van der Waals surface area contributed by atoms with E-state index in [-0.39, 0.29) is 10.8 Å². The van der Waals surface area contributed by atoms with Gasteiger partial charge in [-0.1, -0.05) is 180 Å². The summed E-state index contributed by atoms with van der Waals surface area (Å²) in [6.45, 7) is 14.5. The Morgan fingerprint density at radius 1 is 0.444 bits per heavy atom. The van der Waals surface area contributed by atoms with Crippen LogP contribution in [-0.2, 0) is 10.8 Å². The summed E-state index contributed by atoms with van der Waals surface area (Å²) < 4.78 is 7.13. The first-order chi connectivity index (χ1) is 26.0. The fraction of sp³-hybridized carbons (Fsp3) is 0.160. The van der Waals surface area contributed by atoms with Crippen molar-refractivity contribution in [3.63, 3.8) is 0 Å². The Morgan fingerprint density at radius 3 is 1.76 bits per heavy atom. The molecule has 0 atom stereocenters. The lowest BCUT2D eigenvalue weighted by atomic mass is 9.82. The van der Waals surface area contributed by atoms with E-state index in [0.717, 1.165) is 22.0 Å². The Morgan fingerprint density at radius 2 is 1.00 bits per heavy atom. The predicted octanol–water partition coefficient (Wildman–Crippen LogP) is 13.2. The van der Waals surface area contributed by atoms with E-state index >= 15 is 0 Å². The zero-order valence-electron chi connectivity index (χ0n) is 31.4. The van der Waals surface area contributed by atoms with E-state index in [2.05, 4.69) is 174 Å². The molecule has 7 aromatic rings. The number of hydrogen-bond donors (Lipinski definition) is 0. The molecule has 0 unspecified atom stereocenters. The van der Waals surface area contributed by atoms with E-state index < -0.39 is 8.07 Å². The van der Waals surface area contributed by atoms with Crippen LogP contribution in [0.25, 0.3) is 44.5 Å². The molecule has 54 heavy (non-hydrogen) atoms. The molecule has 2 aliphatic carbocycles. The van der Waals surface area contributed by atoms with Crippen LogP contribution in [0.2, 0.25) is 13.1 Å². The van der Waals surface area contributed by atoms with E-state index in [1.54, 1.807) is 5.19 Å². The normalized spacial score (nSPS) is 16.8. The van der Waals surface area contributed by atoms with Crippen molar-refractivity contribution < 1.29 is 4.74 Å². The smallest absolute Gasteiger partial charge is 0.149 e. The Labute approximate surface area is 327 Å². The lowest BCUT2D eigenvalue weighted by Crippen LogP contribution is -2.56. The molecule has 0 bridgehead atoms. The summed E-state index contributed by atoms with van der Waals surface area (Å²) >= 11 is 3.83. The van der Waals surface area contributed by atoms with Crippen molar-refractivity contribution in [3.8, 4) is 56.0 Å². The lowest BCUT2D eigenvalue weighted by molar-refractivity contribution is 0.457. The molecule has 0 radical (unpaired) electrons. The van der Waals surface area contributed by atoms with Crippen LogP contribution < -0.4 is 15.1 Å². The topological polar surface area (TPSA) is 9.23 Å². The van der Waals surface area contributed by atoms with Crippen LogP contribution in [-0.4, -0.2) is 8.07 Å². The Balaban J connectivity index is 1.03. The van der Waals surface area contributed by atoms with Crippen molar-refractivity contribution in [2.75, 3.05) is 0 Å². The number of fused-ring (bicyclic) bond motifs is 12. The highest BCUT2D eigenvalue weighted by Gasteiger charge is 2.43. The van der Waals surface area contributed by atoms with Gasteiger partial charge in [-0.25, -0.2) is 0 Å². The zero-order chi connectivity index (χ0) is 36.7. The highest BCUT2D eigenvalue weighted by Crippen LogP contribution is 2.60. The highest BCUT2D eigenvalue weighted by molar-refractivity contribution is 8.00. The minimum Gasteiger partial charge on any atom is -0.454 e. The number of para-hydroxylation sites is 1. The predicted molar refractivity (Wildman–Crippen MR) is 230 cm³/mol. The molecule has 7 aromatic carbocycles. The highest BCUT2D eigenvalue weighted by atomic mass is 32.2. The quantitative estimate of drug-likeness (QED) is 0.163. The first-order valence-corrected chi connectivity index (χ1v) is 23.6. The standard InChI is InChI=1S/C50H40OS2Si/c1-49(2)35-20-9-7-16-33(35)43-37(49)24-26-40-46(43)51-45-31(18-12-22-39(45)52-40)29-14-11-15-30(28-29)32-19-13-23-41-47(32)53-48-42(54(41,5)6)27-25-38-44(48)34-17-8-10-21-36(34)50(38,3)4/h7-28H,1-6H3. The molecule has 0 aromatic heterocycles. The maximum Gasteiger partial charge on any atom is 0.149 e. The maximum atomic E-state index is 7.13. The minimum absolute atomic E-state index is 0.0172. The van der Waals surface area contributed by atoms with Crippen LogP contribution >= 0.6 is 23.5 Å².